The number of H-pyrrole nitrogens is 1. The summed E-state index contributed by atoms with van der Waals surface area (Å²) in [6.07, 6.45) is 0. The van der Waals surface area contributed by atoms with Gasteiger partial charge in [0.05, 0.1) is 6.54 Å². The summed E-state index contributed by atoms with van der Waals surface area (Å²) >= 11 is 5.57. The second kappa shape index (κ2) is 6.13. The van der Waals surface area contributed by atoms with Crippen LogP contribution in [0.25, 0.3) is 0 Å². The highest BCUT2D eigenvalue weighted by Gasteiger charge is 2.35. The first-order valence-electron chi connectivity index (χ1n) is 5.53. The summed E-state index contributed by atoms with van der Waals surface area (Å²) in [6, 6.07) is 0. The zero-order valence-electron chi connectivity index (χ0n) is 10.8. The maximum atomic E-state index is 10.9. The molecular formula is C6H5ClN10O6. The predicted octanol–water partition coefficient (Wildman–Crippen LogP) is -0.935. The standard InChI is InChI=1S/C6H5ClN10O6/c7-3-4(15(18)19)9-13(5(3)16(20)21)1-2-14-6(8-11-12-14)10-17(22)23/h1-2H2,(H,8,10,12). The molecule has 2 aromatic heterocycles. The Morgan fingerprint density at radius 1 is 1.17 bits per heavy atom. The van der Waals surface area contributed by atoms with Gasteiger partial charge in [0.15, 0.2) is 16.7 Å². The van der Waals surface area contributed by atoms with Gasteiger partial charge in [0, 0.05) is 0 Å². The third-order valence-electron chi connectivity index (χ3n) is 2.45. The molecule has 0 aliphatic rings. The molecule has 0 amide bonds. The minimum atomic E-state index is -1.01. The molecule has 16 nitrogen and oxygen atoms in total. The molecule has 0 bridgehead atoms. The quantitative estimate of drug-likeness (QED) is 0.504. The first-order valence-corrected chi connectivity index (χ1v) is 5.91. The number of nitrogens with one attached hydrogen (secondary N) is 1. The first-order chi connectivity index (χ1) is 10.8. The Morgan fingerprint density at radius 2 is 1.87 bits per heavy atom. The molecule has 0 saturated carbocycles. The molecule has 0 spiro atoms. The van der Waals surface area contributed by atoms with E-state index in [1.165, 1.54) is 0 Å². The van der Waals surface area contributed by atoms with Gasteiger partial charge in [-0.15, -0.1) is 0 Å². The number of rotatable bonds is 6. The molecule has 2 aromatic rings. The Kier molecular flexibility index (Phi) is 4.25. The number of aromatic nitrogens is 6. The van der Waals surface area contributed by atoms with Crippen molar-refractivity contribution in [2.75, 3.05) is 0 Å². The molecule has 23 heavy (non-hydrogen) atoms. The van der Waals surface area contributed by atoms with E-state index in [4.69, 9.17) is 11.6 Å². The number of nitrogens with zero attached hydrogens (tertiary/aromatic N) is 9. The van der Waals surface area contributed by atoms with Crippen molar-refractivity contribution < 1.29 is 14.9 Å². The highest BCUT2D eigenvalue weighted by atomic mass is 35.5. The van der Waals surface area contributed by atoms with Crippen LogP contribution >= 0.6 is 11.6 Å². The van der Waals surface area contributed by atoms with Gasteiger partial charge in [-0.1, -0.05) is 16.7 Å². The summed E-state index contributed by atoms with van der Waals surface area (Å²) in [5.74, 6) is -1.65. The van der Waals surface area contributed by atoms with Gasteiger partial charge in [-0.3, -0.25) is 0 Å². The summed E-state index contributed by atoms with van der Waals surface area (Å²) in [7, 11) is 0. The van der Waals surface area contributed by atoms with Crippen molar-refractivity contribution in [2.45, 2.75) is 13.1 Å². The summed E-state index contributed by atoms with van der Waals surface area (Å²) < 4.78 is 1.68. The average molecular weight is 349 g/mol. The van der Waals surface area contributed by atoms with Crippen LogP contribution in [-0.4, -0.2) is 44.9 Å². The fourth-order valence-electron chi connectivity index (χ4n) is 1.58. The zero-order valence-corrected chi connectivity index (χ0v) is 11.5. The fraction of sp³-hybridized carbons (Fsp3) is 0.333. The van der Waals surface area contributed by atoms with Gasteiger partial charge in [0.25, 0.3) is 0 Å². The lowest BCUT2D eigenvalue weighted by Crippen LogP contribution is -2.24. The molecular weight excluding hydrogens is 344 g/mol. The Hall–Kier alpha value is -3.43. The second-order valence-corrected chi connectivity index (χ2v) is 4.17. The van der Waals surface area contributed by atoms with Crippen molar-refractivity contribution in [1.29, 1.82) is 0 Å². The number of aryl methyl sites for hydroxylation is 2. The van der Waals surface area contributed by atoms with Crippen LogP contribution in [0.15, 0.2) is 5.10 Å². The van der Waals surface area contributed by atoms with E-state index in [2.05, 4.69) is 25.7 Å². The summed E-state index contributed by atoms with van der Waals surface area (Å²) in [5, 5.41) is 45.5. The first kappa shape index (κ1) is 15.9. The van der Waals surface area contributed by atoms with E-state index in [0.29, 0.717) is 4.68 Å². The van der Waals surface area contributed by atoms with Gasteiger partial charge in [0.1, 0.15) is 5.10 Å². The topological polar surface area (TPSA) is 206 Å². The monoisotopic (exact) mass is 348 g/mol. The van der Waals surface area contributed by atoms with Gasteiger partial charge < -0.3 is 20.2 Å². The Balaban J connectivity index is 2.33. The molecule has 0 saturated heterocycles. The van der Waals surface area contributed by atoms with E-state index in [-0.39, 0.29) is 13.1 Å². The molecule has 0 aliphatic carbocycles. The number of aromatic amines is 1. The zero-order chi connectivity index (χ0) is 17.1. The van der Waals surface area contributed by atoms with Crippen molar-refractivity contribution in [3.8, 4) is 0 Å². The van der Waals surface area contributed by atoms with Crippen molar-refractivity contribution in [1.82, 2.24) is 30.0 Å². The Bertz CT molecular complexity index is 848. The van der Waals surface area contributed by atoms with Crippen LogP contribution < -0.4 is 5.62 Å². The number of nitro groups is 3. The van der Waals surface area contributed by atoms with E-state index in [1.54, 1.807) is 0 Å². The molecule has 0 unspecified atom stereocenters. The second-order valence-electron chi connectivity index (χ2n) is 3.79. The molecule has 1 N–H and O–H groups in total. The summed E-state index contributed by atoms with van der Waals surface area (Å²) in [4.78, 5) is 30.1. The molecule has 2 rings (SSSR count). The van der Waals surface area contributed by atoms with Crippen LogP contribution in [0, 0.1) is 30.3 Å². The van der Waals surface area contributed by atoms with E-state index in [1.807, 2.05) is 0 Å². The number of hydrogen-bond donors (Lipinski definition) is 1. The minimum absolute atomic E-state index is 0.171. The SMILES string of the molecule is O=[N+]([O-])/N=c1\nn[nH]n1CCn1nc([N+](=O)[O-])c(Cl)c1[N+](=O)[O-]. The van der Waals surface area contributed by atoms with E-state index in [9.17, 15) is 30.3 Å². The highest BCUT2D eigenvalue weighted by Crippen LogP contribution is 2.32. The van der Waals surface area contributed by atoms with Crippen LogP contribution in [0.2, 0.25) is 5.02 Å². The Labute approximate surface area is 128 Å². The van der Waals surface area contributed by atoms with Crippen molar-refractivity contribution in [3.63, 3.8) is 0 Å². The van der Waals surface area contributed by atoms with E-state index in [0.717, 1.165) is 4.68 Å². The molecule has 122 valence electrons. The lowest BCUT2D eigenvalue weighted by atomic mass is 10.5. The van der Waals surface area contributed by atoms with Crippen LogP contribution in [0.3, 0.4) is 0 Å². The minimum Gasteiger partial charge on any atom is -0.358 e. The van der Waals surface area contributed by atoms with Gasteiger partial charge in [-0.05, 0) is 19.7 Å². The average Bonchev–Trinajstić information content (AvgIpc) is 2.99. The predicted molar refractivity (Wildman–Crippen MR) is 67.5 cm³/mol. The lowest BCUT2D eigenvalue weighted by molar-refractivity contribution is -0.491. The third-order valence-corrected chi connectivity index (χ3v) is 2.79. The Morgan fingerprint density at radius 3 is 2.43 bits per heavy atom. The smallest absolute Gasteiger partial charge is 0.358 e. The molecule has 17 heteroatoms. The fourth-order valence-corrected chi connectivity index (χ4v) is 1.85. The number of hydrogen-bond acceptors (Lipinski definition) is 9. The molecule has 0 atom stereocenters. The molecule has 0 aromatic carbocycles. The van der Waals surface area contributed by atoms with Crippen LogP contribution in [-0.2, 0) is 13.1 Å². The number of tetrazole rings is 1. The van der Waals surface area contributed by atoms with Crippen LogP contribution in [0.1, 0.15) is 0 Å². The normalized spacial score (nSPS) is 11.6. The van der Waals surface area contributed by atoms with E-state index >= 15 is 0 Å². The van der Waals surface area contributed by atoms with Gasteiger partial charge in [0.2, 0.25) is 5.02 Å². The maximum absolute atomic E-state index is 10.9. The van der Waals surface area contributed by atoms with Crippen LogP contribution in [0.4, 0.5) is 11.6 Å². The molecule has 0 aliphatic heterocycles. The van der Waals surface area contributed by atoms with Gasteiger partial charge in [-0.25, -0.2) is 14.8 Å². The van der Waals surface area contributed by atoms with Crippen molar-refractivity contribution in [3.05, 3.63) is 41.0 Å². The lowest BCUT2D eigenvalue weighted by Gasteiger charge is -1.97. The molecule has 2 heterocycles. The van der Waals surface area contributed by atoms with Crippen molar-refractivity contribution in [2.24, 2.45) is 5.10 Å². The molecule has 0 fully saturated rings. The largest absolute Gasteiger partial charge is 0.439 e. The summed E-state index contributed by atoms with van der Waals surface area (Å²) in [5.41, 5.74) is -0.398. The van der Waals surface area contributed by atoms with E-state index < -0.39 is 37.2 Å². The van der Waals surface area contributed by atoms with Gasteiger partial charge >= 0.3 is 17.3 Å². The van der Waals surface area contributed by atoms with Gasteiger partial charge in [-0.2, -0.15) is 5.21 Å². The highest BCUT2D eigenvalue weighted by molar-refractivity contribution is 6.34. The summed E-state index contributed by atoms with van der Waals surface area (Å²) in [6.45, 7) is -0.450. The third kappa shape index (κ3) is 3.26. The van der Waals surface area contributed by atoms with Crippen LogP contribution in [0.5, 0.6) is 0 Å². The number of halogens is 1. The van der Waals surface area contributed by atoms with Crippen molar-refractivity contribution >= 4 is 23.2 Å². The maximum Gasteiger partial charge on any atom is 0.439 e. The molecule has 0 radical (unpaired) electrons.